The molecule has 0 nitrogen and oxygen atoms in total. The highest BCUT2D eigenvalue weighted by Gasteiger charge is 2.38. The van der Waals surface area contributed by atoms with E-state index < -0.39 is 0 Å². The Morgan fingerprint density at radius 3 is 1.65 bits per heavy atom. The first kappa shape index (κ1) is 19.3. The summed E-state index contributed by atoms with van der Waals surface area (Å²) in [5.41, 5.74) is 1.21. The Morgan fingerprint density at radius 2 is 1.35 bits per heavy atom. The Balaban J connectivity index is 0. The molecule has 0 radical (unpaired) electrons. The molecule has 1 rings (SSSR count). The molecule has 0 heterocycles. The van der Waals surface area contributed by atoms with Gasteiger partial charge in [-0.25, -0.2) is 0 Å². The minimum absolute atomic E-state index is 0.586. The summed E-state index contributed by atoms with van der Waals surface area (Å²) in [6.07, 6.45) is 6.87. The Labute approximate surface area is 112 Å². The molecule has 0 aliphatic heterocycles. The van der Waals surface area contributed by atoms with E-state index in [2.05, 4.69) is 48.5 Å². The molecule has 106 valence electrons. The lowest BCUT2D eigenvalue weighted by molar-refractivity contribution is 0.0582. The van der Waals surface area contributed by atoms with Gasteiger partial charge in [0.2, 0.25) is 0 Å². The molecular formula is C17H38. The second kappa shape index (κ2) is 9.00. The van der Waals surface area contributed by atoms with Gasteiger partial charge < -0.3 is 0 Å². The lowest BCUT2D eigenvalue weighted by Crippen LogP contribution is -2.34. The van der Waals surface area contributed by atoms with Crippen molar-refractivity contribution in [1.29, 1.82) is 0 Å². The van der Waals surface area contributed by atoms with Crippen LogP contribution in [0.4, 0.5) is 0 Å². The third-order valence-electron chi connectivity index (χ3n) is 3.50. The molecule has 1 aliphatic carbocycles. The van der Waals surface area contributed by atoms with Crippen LogP contribution in [0.2, 0.25) is 0 Å². The van der Waals surface area contributed by atoms with Crippen LogP contribution >= 0.6 is 0 Å². The van der Waals surface area contributed by atoms with Crippen LogP contribution in [-0.2, 0) is 0 Å². The van der Waals surface area contributed by atoms with Gasteiger partial charge in [-0.15, -0.1) is 0 Å². The highest BCUT2D eigenvalue weighted by Crippen LogP contribution is 2.49. The molecule has 1 fully saturated rings. The van der Waals surface area contributed by atoms with Crippen molar-refractivity contribution in [1.82, 2.24) is 0 Å². The van der Waals surface area contributed by atoms with E-state index in [0.29, 0.717) is 10.8 Å². The topological polar surface area (TPSA) is 0 Å². The molecule has 0 aromatic rings. The van der Waals surface area contributed by atoms with Gasteiger partial charge in [-0.2, -0.15) is 0 Å². The fraction of sp³-hybridized carbons (Fsp3) is 1.00. The third-order valence-corrected chi connectivity index (χ3v) is 3.50. The summed E-state index contributed by atoms with van der Waals surface area (Å²) in [6, 6.07) is 0. The summed E-state index contributed by atoms with van der Waals surface area (Å²) in [7, 11) is 0. The van der Waals surface area contributed by atoms with E-state index in [0.717, 1.165) is 5.92 Å². The minimum atomic E-state index is 0.586. The molecular weight excluding hydrogens is 204 g/mol. The van der Waals surface area contributed by atoms with E-state index >= 15 is 0 Å². The zero-order chi connectivity index (χ0) is 14.1. The number of hydrogen-bond donors (Lipinski definition) is 0. The second-order valence-corrected chi connectivity index (χ2v) is 6.73. The fourth-order valence-corrected chi connectivity index (χ4v) is 3.43. The molecule has 2 atom stereocenters. The molecule has 0 saturated heterocycles. The first-order valence-corrected chi connectivity index (χ1v) is 7.78. The van der Waals surface area contributed by atoms with Crippen molar-refractivity contribution < 1.29 is 0 Å². The molecule has 0 aromatic carbocycles. The van der Waals surface area contributed by atoms with E-state index in [-0.39, 0.29) is 0 Å². The summed E-state index contributed by atoms with van der Waals surface area (Å²) in [5, 5.41) is 0. The van der Waals surface area contributed by atoms with Gasteiger partial charge in [0, 0.05) is 0 Å². The third kappa shape index (κ3) is 8.69. The maximum Gasteiger partial charge on any atom is -0.0321 e. The molecule has 0 aromatic heterocycles. The van der Waals surface area contributed by atoms with E-state index in [1.165, 1.54) is 32.1 Å². The zero-order valence-electron chi connectivity index (χ0n) is 14.1. The molecule has 17 heavy (non-hydrogen) atoms. The molecule has 0 amide bonds. The first-order chi connectivity index (χ1) is 7.78. The first-order valence-electron chi connectivity index (χ1n) is 7.78. The largest absolute Gasteiger partial charge is 0.0683 e. The van der Waals surface area contributed by atoms with Crippen molar-refractivity contribution in [3.63, 3.8) is 0 Å². The highest BCUT2D eigenvalue weighted by atomic mass is 14.4. The quantitative estimate of drug-likeness (QED) is 0.480. The van der Waals surface area contributed by atoms with Gasteiger partial charge in [0.05, 0.1) is 0 Å². The van der Waals surface area contributed by atoms with Crippen LogP contribution in [0.1, 0.15) is 94.4 Å². The SMILES string of the molecule is CC.CCC.CCC1(C)CC(C)CC(C)(C)C1. The Hall–Kier alpha value is 0. The van der Waals surface area contributed by atoms with Crippen molar-refractivity contribution >= 4 is 0 Å². The lowest BCUT2D eigenvalue weighted by atomic mass is 9.60. The van der Waals surface area contributed by atoms with Gasteiger partial charge in [0.15, 0.2) is 0 Å². The lowest BCUT2D eigenvalue weighted by Gasteiger charge is -2.45. The maximum atomic E-state index is 2.46. The molecule has 1 saturated carbocycles. The fourth-order valence-electron chi connectivity index (χ4n) is 3.43. The van der Waals surface area contributed by atoms with Crippen molar-refractivity contribution in [2.45, 2.75) is 94.4 Å². The highest BCUT2D eigenvalue weighted by molar-refractivity contribution is 4.89. The molecule has 0 heteroatoms. The predicted octanol–water partition coefficient (Wildman–Crippen LogP) is 6.69. The van der Waals surface area contributed by atoms with Crippen molar-refractivity contribution in [3.8, 4) is 0 Å². The summed E-state index contributed by atoms with van der Waals surface area (Å²) < 4.78 is 0. The van der Waals surface area contributed by atoms with Crippen LogP contribution in [0.3, 0.4) is 0 Å². The van der Waals surface area contributed by atoms with Crippen molar-refractivity contribution in [2.24, 2.45) is 16.7 Å². The van der Waals surface area contributed by atoms with Gasteiger partial charge in [-0.05, 0) is 36.0 Å². The predicted molar refractivity (Wildman–Crippen MR) is 82.5 cm³/mol. The van der Waals surface area contributed by atoms with E-state index in [4.69, 9.17) is 0 Å². The average Bonchev–Trinajstić information content (AvgIpc) is 2.18. The normalized spacial score (nSPS) is 30.5. The number of rotatable bonds is 1. The van der Waals surface area contributed by atoms with Crippen LogP contribution in [0.25, 0.3) is 0 Å². The molecule has 0 spiro atoms. The summed E-state index contributed by atoms with van der Waals surface area (Å²) in [6.45, 7) is 20.3. The minimum Gasteiger partial charge on any atom is -0.0683 e. The smallest absolute Gasteiger partial charge is 0.0321 e. The Bertz CT molecular complexity index is 169. The van der Waals surface area contributed by atoms with Crippen molar-refractivity contribution in [2.75, 3.05) is 0 Å². The van der Waals surface area contributed by atoms with Crippen LogP contribution in [-0.4, -0.2) is 0 Å². The van der Waals surface area contributed by atoms with Crippen LogP contribution in [0, 0.1) is 16.7 Å². The van der Waals surface area contributed by atoms with Crippen LogP contribution < -0.4 is 0 Å². The van der Waals surface area contributed by atoms with E-state index in [1.54, 1.807) is 0 Å². The molecule has 2 unspecified atom stereocenters. The van der Waals surface area contributed by atoms with E-state index in [1.807, 2.05) is 13.8 Å². The van der Waals surface area contributed by atoms with Gasteiger partial charge >= 0.3 is 0 Å². The van der Waals surface area contributed by atoms with Crippen LogP contribution in [0.5, 0.6) is 0 Å². The zero-order valence-corrected chi connectivity index (χ0v) is 14.1. The number of hydrogen-bond acceptors (Lipinski definition) is 0. The van der Waals surface area contributed by atoms with Crippen molar-refractivity contribution in [3.05, 3.63) is 0 Å². The molecule has 1 aliphatic rings. The Morgan fingerprint density at radius 1 is 0.941 bits per heavy atom. The van der Waals surface area contributed by atoms with Gasteiger partial charge in [-0.1, -0.05) is 75.2 Å². The second-order valence-electron chi connectivity index (χ2n) is 6.73. The monoisotopic (exact) mass is 242 g/mol. The van der Waals surface area contributed by atoms with E-state index in [9.17, 15) is 0 Å². The van der Waals surface area contributed by atoms with Gasteiger partial charge in [-0.3, -0.25) is 0 Å². The summed E-state index contributed by atoms with van der Waals surface area (Å²) in [4.78, 5) is 0. The molecule has 0 N–H and O–H groups in total. The van der Waals surface area contributed by atoms with Crippen LogP contribution in [0.15, 0.2) is 0 Å². The standard InChI is InChI=1S/C12H24.C3H8.C2H6/c1-6-12(5)8-10(2)7-11(3,4)9-12;1-3-2;1-2/h10H,6-9H2,1-5H3;3H2,1-2H3;1-2H3. The van der Waals surface area contributed by atoms with Gasteiger partial charge in [0.1, 0.15) is 0 Å². The maximum absolute atomic E-state index is 2.46. The molecule has 0 bridgehead atoms. The summed E-state index contributed by atoms with van der Waals surface area (Å²) in [5.74, 6) is 0.929. The average molecular weight is 242 g/mol. The Kier molecular flexibility index (Phi) is 10.2. The van der Waals surface area contributed by atoms with Gasteiger partial charge in [0.25, 0.3) is 0 Å². The summed E-state index contributed by atoms with van der Waals surface area (Å²) >= 11 is 0.